The van der Waals surface area contributed by atoms with Crippen LogP contribution in [0.15, 0.2) is 48.2 Å². The Morgan fingerprint density at radius 3 is 2.18 bits per heavy atom. The minimum Gasteiger partial charge on any atom is -0.493 e. The third kappa shape index (κ3) is 4.57. The zero-order chi connectivity index (χ0) is 23.5. The molecule has 0 aromatic heterocycles. The van der Waals surface area contributed by atoms with Gasteiger partial charge in [-0.25, -0.2) is 4.39 Å². The molecule has 33 heavy (non-hydrogen) atoms. The topological polar surface area (TPSA) is 62.3 Å². The lowest BCUT2D eigenvalue weighted by Gasteiger charge is -2.34. The standard InChI is InChI=1S/C25H28FN3O4/c1-27-12-14-28(15-13-27)23-22(18-6-9-20(32-2)21(16-18)33-3)24(30)29(25(23)31)11-10-17-4-7-19(26)8-5-17/h4-9,16H,10-15H2,1-3H3. The number of ether oxygens (including phenoxy) is 2. The molecule has 0 radical (unpaired) electrons. The van der Waals surface area contributed by atoms with Crippen molar-refractivity contribution in [2.24, 2.45) is 0 Å². The molecule has 1 saturated heterocycles. The van der Waals surface area contributed by atoms with E-state index in [-0.39, 0.29) is 24.2 Å². The molecule has 0 aliphatic carbocycles. The molecule has 4 rings (SSSR count). The van der Waals surface area contributed by atoms with Crippen LogP contribution < -0.4 is 9.47 Å². The first-order valence-electron chi connectivity index (χ1n) is 10.9. The first-order chi connectivity index (χ1) is 15.9. The number of likely N-dealkylation sites (N-methyl/N-ethyl adjacent to an activating group) is 1. The summed E-state index contributed by atoms with van der Waals surface area (Å²) in [4.78, 5) is 32.5. The summed E-state index contributed by atoms with van der Waals surface area (Å²) >= 11 is 0. The number of carbonyl (C=O) groups excluding carboxylic acids is 2. The van der Waals surface area contributed by atoms with Gasteiger partial charge < -0.3 is 19.3 Å². The molecule has 2 amide bonds. The van der Waals surface area contributed by atoms with Gasteiger partial charge in [0.1, 0.15) is 11.5 Å². The number of benzene rings is 2. The summed E-state index contributed by atoms with van der Waals surface area (Å²) < 4.78 is 24.0. The van der Waals surface area contributed by atoms with Gasteiger partial charge in [-0.05, 0) is 48.9 Å². The van der Waals surface area contributed by atoms with Crippen molar-refractivity contribution in [1.29, 1.82) is 0 Å². The largest absolute Gasteiger partial charge is 0.493 e. The van der Waals surface area contributed by atoms with Gasteiger partial charge >= 0.3 is 0 Å². The number of nitrogens with zero attached hydrogens (tertiary/aromatic N) is 3. The lowest BCUT2D eigenvalue weighted by molar-refractivity contribution is -0.137. The van der Waals surface area contributed by atoms with Gasteiger partial charge in [0.05, 0.1) is 19.8 Å². The Balaban J connectivity index is 1.68. The third-order valence-corrected chi connectivity index (χ3v) is 6.17. The third-order valence-electron chi connectivity index (χ3n) is 6.17. The normalized spacial score (nSPS) is 17.2. The fraction of sp³-hybridized carbons (Fsp3) is 0.360. The number of hydrogen-bond acceptors (Lipinski definition) is 6. The highest BCUT2D eigenvalue weighted by atomic mass is 19.1. The number of halogens is 1. The van der Waals surface area contributed by atoms with Crippen molar-refractivity contribution >= 4 is 17.4 Å². The molecule has 0 spiro atoms. The average molecular weight is 454 g/mol. The first-order valence-corrected chi connectivity index (χ1v) is 10.9. The monoisotopic (exact) mass is 453 g/mol. The summed E-state index contributed by atoms with van der Waals surface area (Å²) in [5, 5.41) is 0. The predicted molar refractivity (Wildman–Crippen MR) is 122 cm³/mol. The van der Waals surface area contributed by atoms with Crippen molar-refractivity contribution in [3.05, 3.63) is 65.1 Å². The maximum atomic E-state index is 13.5. The van der Waals surface area contributed by atoms with Crippen molar-refractivity contribution in [2.45, 2.75) is 6.42 Å². The van der Waals surface area contributed by atoms with Crippen LogP contribution in [-0.2, 0) is 16.0 Å². The second-order valence-electron chi connectivity index (χ2n) is 8.22. The van der Waals surface area contributed by atoms with Gasteiger partial charge in [-0.15, -0.1) is 0 Å². The lowest BCUT2D eigenvalue weighted by Crippen LogP contribution is -2.46. The summed E-state index contributed by atoms with van der Waals surface area (Å²) in [6, 6.07) is 11.4. The second kappa shape index (κ2) is 9.62. The van der Waals surface area contributed by atoms with E-state index in [1.807, 2.05) is 11.9 Å². The molecule has 0 unspecified atom stereocenters. The van der Waals surface area contributed by atoms with Crippen molar-refractivity contribution in [3.8, 4) is 11.5 Å². The molecule has 2 aliphatic heterocycles. The predicted octanol–water partition coefficient (Wildman–Crippen LogP) is 2.41. The van der Waals surface area contributed by atoms with E-state index in [2.05, 4.69) is 4.90 Å². The van der Waals surface area contributed by atoms with E-state index >= 15 is 0 Å². The van der Waals surface area contributed by atoms with E-state index < -0.39 is 0 Å². The van der Waals surface area contributed by atoms with Crippen LogP contribution in [0.5, 0.6) is 11.5 Å². The average Bonchev–Trinajstić information content (AvgIpc) is 3.08. The summed E-state index contributed by atoms with van der Waals surface area (Å²) in [6.07, 6.45) is 0.451. The van der Waals surface area contributed by atoms with Gasteiger partial charge in [-0.3, -0.25) is 14.5 Å². The highest BCUT2D eigenvalue weighted by molar-refractivity contribution is 6.35. The molecule has 0 bridgehead atoms. The fourth-order valence-electron chi connectivity index (χ4n) is 4.23. The van der Waals surface area contributed by atoms with Crippen LogP contribution in [0.3, 0.4) is 0 Å². The van der Waals surface area contributed by atoms with Crippen LogP contribution in [0, 0.1) is 5.82 Å². The van der Waals surface area contributed by atoms with E-state index in [0.29, 0.717) is 47.8 Å². The van der Waals surface area contributed by atoms with E-state index in [4.69, 9.17) is 9.47 Å². The number of rotatable bonds is 7. The number of piperazine rings is 1. The fourth-order valence-corrected chi connectivity index (χ4v) is 4.23. The summed E-state index contributed by atoms with van der Waals surface area (Å²) in [7, 11) is 5.12. The highest BCUT2D eigenvalue weighted by Crippen LogP contribution is 2.36. The molecular formula is C25H28FN3O4. The Morgan fingerprint density at radius 2 is 1.55 bits per heavy atom. The molecule has 2 heterocycles. The Bertz CT molecular complexity index is 1080. The molecule has 0 N–H and O–H groups in total. The lowest BCUT2D eigenvalue weighted by atomic mass is 10.0. The summed E-state index contributed by atoms with van der Waals surface area (Å²) in [6.45, 7) is 3.15. The zero-order valence-electron chi connectivity index (χ0n) is 19.1. The number of imide groups is 1. The van der Waals surface area contributed by atoms with Crippen LogP contribution in [0.2, 0.25) is 0 Å². The SMILES string of the molecule is COc1ccc(C2=C(N3CCN(C)CC3)C(=O)N(CCc3ccc(F)cc3)C2=O)cc1OC. The number of carbonyl (C=O) groups is 2. The molecule has 1 fully saturated rings. The minimum atomic E-state index is -0.330. The van der Waals surface area contributed by atoms with E-state index in [1.54, 1.807) is 37.4 Å². The van der Waals surface area contributed by atoms with E-state index in [1.165, 1.54) is 24.1 Å². The van der Waals surface area contributed by atoms with Gasteiger partial charge in [-0.1, -0.05) is 18.2 Å². The number of hydrogen-bond donors (Lipinski definition) is 0. The molecule has 2 aromatic carbocycles. The van der Waals surface area contributed by atoms with Crippen LogP contribution in [0.25, 0.3) is 5.57 Å². The smallest absolute Gasteiger partial charge is 0.277 e. The molecule has 0 atom stereocenters. The van der Waals surface area contributed by atoms with Gasteiger partial charge in [0.25, 0.3) is 11.8 Å². The van der Waals surface area contributed by atoms with Crippen molar-refractivity contribution in [2.75, 3.05) is 54.0 Å². The van der Waals surface area contributed by atoms with Crippen LogP contribution in [0.4, 0.5) is 4.39 Å². The first kappa shape index (κ1) is 22.8. The maximum Gasteiger partial charge on any atom is 0.277 e. The molecule has 0 saturated carbocycles. The zero-order valence-corrected chi connectivity index (χ0v) is 19.1. The quantitative estimate of drug-likeness (QED) is 0.600. The molecule has 7 nitrogen and oxygen atoms in total. The Kier molecular flexibility index (Phi) is 6.65. The van der Waals surface area contributed by atoms with Crippen molar-refractivity contribution in [1.82, 2.24) is 14.7 Å². The van der Waals surface area contributed by atoms with Crippen molar-refractivity contribution < 1.29 is 23.5 Å². The number of methoxy groups -OCH3 is 2. The van der Waals surface area contributed by atoms with Gasteiger partial charge in [-0.2, -0.15) is 0 Å². The highest BCUT2D eigenvalue weighted by Gasteiger charge is 2.42. The Labute approximate surface area is 193 Å². The molecule has 2 aromatic rings. The van der Waals surface area contributed by atoms with Gasteiger partial charge in [0.2, 0.25) is 0 Å². The molecule has 174 valence electrons. The van der Waals surface area contributed by atoms with Gasteiger partial charge in [0, 0.05) is 32.7 Å². The van der Waals surface area contributed by atoms with Gasteiger partial charge in [0.15, 0.2) is 11.5 Å². The van der Waals surface area contributed by atoms with Crippen molar-refractivity contribution in [3.63, 3.8) is 0 Å². The van der Waals surface area contributed by atoms with Crippen LogP contribution in [-0.4, -0.2) is 80.5 Å². The summed E-state index contributed by atoms with van der Waals surface area (Å²) in [5.74, 6) is 0.0970. The Morgan fingerprint density at radius 1 is 0.879 bits per heavy atom. The minimum absolute atomic E-state index is 0.220. The maximum absolute atomic E-state index is 13.5. The van der Waals surface area contributed by atoms with Crippen LogP contribution in [0.1, 0.15) is 11.1 Å². The number of amides is 2. The summed E-state index contributed by atoms with van der Waals surface area (Å²) in [5.41, 5.74) is 2.28. The molecule has 8 heteroatoms. The van der Waals surface area contributed by atoms with Crippen LogP contribution >= 0.6 is 0 Å². The van der Waals surface area contributed by atoms with E-state index in [9.17, 15) is 14.0 Å². The second-order valence-corrected chi connectivity index (χ2v) is 8.22. The molecular weight excluding hydrogens is 425 g/mol. The van der Waals surface area contributed by atoms with E-state index in [0.717, 1.165) is 18.7 Å². The Hall–Kier alpha value is -3.39. The molecule has 2 aliphatic rings.